The summed E-state index contributed by atoms with van der Waals surface area (Å²) >= 11 is 0. The van der Waals surface area contributed by atoms with Crippen LogP contribution in [0.4, 0.5) is 0 Å². The Morgan fingerprint density at radius 1 is 1.20 bits per heavy atom. The molecule has 0 heterocycles. The van der Waals surface area contributed by atoms with E-state index in [1.54, 1.807) is 0 Å². The van der Waals surface area contributed by atoms with Crippen molar-refractivity contribution < 1.29 is 4.89 Å². The first-order chi connectivity index (χ1) is 4.17. The SMILES string of the molecule is CC(C)CCP(C)(C)(C)O. The van der Waals surface area contributed by atoms with Gasteiger partial charge >= 0.3 is 64.1 Å². The molecule has 0 rings (SSSR count). The van der Waals surface area contributed by atoms with Crippen molar-refractivity contribution in [1.82, 2.24) is 0 Å². The van der Waals surface area contributed by atoms with Crippen molar-refractivity contribution in [2.24, 2.45) is 5.92 Å². The molecule has 0 aromatic heterocycles. The molecule has 0 bridgehead atoms. The summed E-state index contributed by atoms with van der Waals surface area (Å²) in [6.45, 7) is 8.25. The fourth-order valence-corrected chi connectivity index (χ4v) is 2.11. The van der Waals surface area contributed by atoms with Crippen LogP contribution in [-0.2, 0) is 0 Å². The molecule has 0 aliphatic heterocycles. The Bertz CT molecular complexity index is 101. The van der Waals surface area contributed by atoms with Crippen molar-refractivity contribution in [1.29, 1.82) is 0 Å². The summed E-state index contributed by atoms with van der Waals surface area (Å²) < 4.78 is 0. The second-order valence-electron chi connectivity index (χ2n) is 4.94. The van der Waals surface area contributed by atoms with E-state index in [2.05, 4.69) is 13.8 Å². The van der Waals surface area contributed by atoms with Crippen LogP contribution in [0.3, 0.4) is 0 Å². The summed E-state index contributed by atoms with van der Waals surface area (Å²) in [5.74, 6) is 0.716. The predicted molar refractivity (Wildman–Crippen MR) is 51.2 cm³/mol. The first-order valence-corrected chi connectivity index (χ1v) is 7.64. The molecule has 0 spiro atoms. The molecule has 0 aromatic rings. The van der Waals surface area contributed by atoms with Gasteiger partial charge in [-0.15, -0.1) is 0 Å². The Kier molecular flexibility index (Phi) is 2.90. The van der Waals surface area contributed by atoms with Crippen molar-refractivity contribution in [2.45, 2.75) is 20.3 Å². The molecular weight excluding hydrogens is 143 g/mol. The molecule has 1 N–H and O–H groups in total. The topological polar surface area (TPSA) is 20.2 Å². The fourth-order valence-electron chi connectivity index (χ4n) is 0.703. The molecule has 0 saturated heterocycles. The monoisotopic (exact) mass is 164 g/mol. The van der Waals surface area contributed by atoms with Crippen molar-refractivity contribution in [3.05, 3.63) is 0 Å². The first-order valence-electron chi connectivity index (χ1n) is 3.92. The quantitative estimate of drug-likeness (QED) is 0.635. The second kappa shape index (κ2) is 2.79. The van der Waals surface area contributed by atoms with Crippen LogP contribution in [0.25, 0.3) is 0 Å². The molecule has 0 amide bonds. The summed E-state index contributed by atoms with van der Waals surface area (Å²) in [6.07, 6.45) is 2.15. The van der Waals surface area contributed by atoms with Crippen LogP contribution < -0.4 is 0 Å². The average Bonchev–Trinajstić information content (AvgIpc) is 1.57. The fraction of sp³-hybridized carbons (Fsp3) is 1.00. The molecule has 0 radical (unpaired) electrons. The maximum absolute atomic E-state index is 9.86. The minimum atomic E-state index is -2.17. The third-order valence-electron chi connectivity index (χ3n) is 1.48. The van der Waals surface area contributed by atoms with Gasteiger partial charge in [0.1, 0.15) is 0 Å². The molecule has 0 aromatic carbocycles. The number of hydrogen-bond acceptors (Lipinski definition) is 1. The standard InChI is InChI=1S/C8H21OP/c1-8(2)6-7-10(3,4,5)9/h8-9H,6-7H2,1-5H3. The molecule has 1 nitrogen and oxygen atoms in total. The van der Waals surface area contributed by atoms with Crippen molar-refractivity contribution in [3.63, 3.8) is 0 Å². The molecule has 0 saturated carbocycles. The van der Waals surface area contributed by atoms with Crippen LogP contribution in [0.2, 0.25) is 0 Å². The molecule has 0 fully saturated rings. The van der Waals surface area contributed by atoms with Crippen LogP contribution >= 0.6 is 6.83 Å². The minimum absolute atomic E-state index is 0.716. The zero-order valence-electron chi connectivity index (χ0n) is 7.89. The average molecular weight is 164 g/mol. The second-order valence-corrected chi connectivity index (χ2v) is 11.4. The Labute approximate surface area is 64.8 Å². The van der Waals surface area contributed by atoms with Gasteiger partial charge in [-0.05, 0) is 0 Å². The van der Waals surface area contributed by atoms with Gasteiger partial charge < -0.3 is 0 Å². The van der Waals surface area contributed by atoms with Gasteiger partial charge in [-0.2, -0.15) is 0 Å². The van der Waals surface area contributed by atoms with Gasteiger partial charge in [0, 0.05) is 0 Å². The summed E-state index contributed by atoms with van der Waals surface area (Å²) in [4.78, 5) is 9.86. The summed E-state index contributed by atoms with van der Waals surface area (Å²) in [5, 5.41) is 0. The van der Waals surface area contributed by atoms with E-state index in [0.717, 1.165) is 12.6 Å². The van der Waals surface area contributed by atoms with Gasteiger partial charge in [0.25, 0.3) is 0 Å². The third kappa shape index (κ3) is 8.39. The summed E-state index contributed by atoms with van der Waals surface area (Å²) in [7, 11) is 0. The van der Waals surface area contributed by atoms with Gasteiger partial charge in [-0.25, -0.2) is 0 Å². The van der Waals surface area contributed by atoms with Crippen molar-refractivity contribution in [3.8, 4) is 0 Å². The third-order valence-corrected chi connectivity index (χ3v) is 3.28. The number of hydrogen-bond donors (Lipinski definition) is 1. The Balaban J connectivity index is 3.70. The maximum atomic E-state index is 9.86. The Morgan fingerprint density at radius 2 is 1.60 bits per heavy atom. The van der Waals surface area contributed by atoms with Gasteiger partial charge in [0.05, 0.1) is 0 Å². The molecule has 10 heavy (non-hydrogen) atoms. The van der Waals surface area contributed by atoms with E-state index in [1.165, 1.54) is 0 Å². The van der Waals surface area contributed by atoms with Gasteiger partial charge in [-0.1, -0.05) is 0 Å². The predicted octanol–water partition coefficient (Wildman–Crippen LogP) is 2.38. The van der Waals surface area contributed by atoms with Crippen molar-refractivity contribution >= 4 is 6.83 Å². The zero-order chi connectivity index (χ0) is 8.44. The van der Waals surface area contributed by atoms with E-state index in [-0.39, 0.29) is 0 Å². The van der Waals surface area contributed by atoms with Crippen LogP contribution in [0.1, 0.15) is 20.3 Å². The van der Waals surface area contributed by atoms with E-state index < -0.39 is 6.83 Å². The molecule has 0 aliphatic carbocycles. The zero-order valence-corrected chi connectivity index (χ0v) is 8.78. The Morgan fingerprint density at radius 3 is 1.70 bits per heavy atom. The van der Waals surface area contributed by atoms with Crippen LogP contribution in [0, 0.1) is 5.92 Å². The van der Waals surface area contributed by atoms with E-state index in [0.29, 0.717) is 5.92 Å². The van der Waals surface area contributed by atoms with E-state index >= 15 is 0 Å². The van der Waals surface area contributed by atoms with Gasteiger partial charge in [0.2, 0.25) is 0 Å². The molecule has 0 unspecified atom stereocenters. The number of rotatable bonds is 3. The Hall–Kier alpha value is 0.390. The molecule has 2 heteroatoms. The summed E-state index contributed by atoms with van der Waals surface area (Å²) in [6, 6.07) is 0. The van der Waals surface area contributed by atoms with E-state index in [9.17, 15) is 4.89 Å². The van der Waals surface area contributed by atoms with Crippen molar-refractivity contribution in [2.75, 3.05) is 26.2 Å². The molecule has 0 aliphatic rings. The van der Waals surface area contributed by atoms with Crippen LogP contribution in [-0.4, -0.2) is 31.0 Å². The van der Waals surface area contributed by atoms with E-state index in [1.807, 2.05) is 20.0 Å². The van der Waals surface area contributed by atoms with Gasteiger partial charge in [-0.3, -0.25) is 0 Å². The molecule has 0 atom stereocenters. The van der Waals surface area contributed by atoms with Crippen LogP contribution in [0.5, 0.6) is 0 Å². The normalized spacial score (nSPS) is 16.9. The van der Waals surface area contributed by atoms with E-state index in [4.69, 9.17) is 0 Å². The van der Waals surface area contributed by atoms with Gasteiger partial charge in [0.15, 0.2) is 0 Å². The first kappa shape index (κ1) is 10.4. The summed E-state index contributed by atoms with van der Waals surface area (Å²) in [5.41, 5.74) is 0. The molecular formula is C8H21OP. The molecule has 64 valence electrons. The van der Waals surface area contributed by atoms with Crippen LogP contribution in [0.15, 0.2) is 0 Å².